The molecule has 18 heavy (non-hydrogen) atoms. The summed E-state index contributed by atoms with van der Waals surface area (Å²) >= 11 is 11.6. The van der Waals surface area contributed by atoms with Gasteiger partial charge in [0, 0.05) is 16.6 Å². The first-order valence-corrected chi connectivity index (χ1v) is 5.73. The van der Waals surface area contributed by atoms with E-state index >= 15 is 0 Å². The monoisotopic (exact) mass is 291 g/mol. The van der Waals surface area contributed by atoms with Gasteiger partial charge in [0.15, 0.2) is 0 Å². The zero-order chi connectivity index (χ0) is 13.7. The van der Waals surface area contributed by atoms with Gasteiger partial charge in [0.2, 0.25) is 0 Å². The summed E-state index contributed by atoms with van der Waals surface area (Å²) in [6, 6.07) is 4.78. The molecule has 0 bridgehead atoms. The van der Waals surface area contributed by atoms with Crippen LogP contribution in [0.25, 0.3) is 0 Å². The minimum atomic E-state index is -1.09. The van der Waals surface area contributed by atoms with Crippen LogP contribution in [0, 0.1) is 0 Å². The van der Waals surface area contributed by atoms with Gasteiger partial charge in [-0.2, -0.15) is 0 Å². The average Bonchev–Trinajstić information content (AvgIpc) is 2.12. The Labute approximate surface area is 114 Å². The molecule has 0 aliphatic heterocycles. The Kier molecular flexibility index (Phi) is 5.40. The fourth-order valence-electron chi connectivity index (χ4n) is 1.51. The van der Waals surface area contributed by atoms with E-state index in [1.54, 1.807) is 18.2 Å². The maximum atomic E-state index is 10.6. The van der Waals surface area contributed by atoms with Gasteiger partial charge in [-0.3, -0.25) is 14.5 Å². The summed E-state index contributed by atoms with van der Waals surface area (Å²) in [5.74, 6) is -2.19. The number of halogens is 2. The number of carboxylic acids is 2. The largest absolute Gasteiger partial charge is 0.480 e. The molecule has 0 fully saturated rings. The molecule has 0 amide bonds. The lowest BCUT2D eigenvalue weighted by molar-refractivity contribution is -0.142. The standard InChI is InChI=1S/C11H11Cl2NO4/c12-8-1-7(2-9(13)3-8)4-14(5-10(15)16)6-11(17)18/h1-3H,4-6H2,(H,15,16)(H,17,18). The second-order valence-corrected chi connectivity index (χ2v) is 4.58. The Morgan fingerprint density at radius 3 is 1.83 bits per heavy atom. The number of aliphatic carboxylic acids is 2. The van der Waals surface area contributed by atoms with Gasteiger partial charge in [-0.15, -0.1) is 0 Å². The fraction of sp³-hybridized carbons (Fsp3) is 0.273. The molecule has 0 aliphatic rings. The third-order valence-corrected chi connectivity index (χ3v) is 2.48. The molecule has 0 radical (unpaired) electrons. The second-order valence-electron chi connectivity index (χ2n) is 3.71. The normalized spacial score (nSPS) is 10.6. The summed E-state index contributed by atoms with van der Waals surface area (Å²) in [6.45, 7) is -0.578. The molecule has 0 saturated heterocycles. The van der Waals surface area contributed by atoms with Gasteiger partial charge < -0.3 is 10.2 Å². The average molecular weight is 292 g/mol. The molecule has 0 heterocycles. The summed E-state index contributed by atoms with van der Waals surface area (Å²) in [5.41, 5.74) is 0.662. The van der Waals surface area contributed by atoms with E-state index in [9.17, 15) is 9.59 Å². The highest BCUT2D eigenvalue weighted by molar-refractivity contribution is 6.34. The number of benzene rings is 1. The molecule has 7 heteroatoms. The molecule has 0 saturated carbocycles. The van der Waals surface area contributed by atoms with E-state index in [1.165, 1.54) is 4.90 Å². The molecule has 0 aromatic heterocycles. The van der Waals surface area contributed by atoms with Crippen molar-refractivity contribution in [2.75, 3.05) is 13.1 Å². The molecular formula is C11H11Cl2NO4. The SMILES string of the molecule is O=C(O)CN(CC(=O)O)Cc1cc(Cl)cc(Cl)c1. The van der Waals surface area contributed by atoms with Crippen LogP contribution >= 0.6 is 23.2 Å². The van der Waals surface area contributed by atoms with E-state index in [0.717, 1.165) is 0 Å². The molecular weight excluding hydrogens is 281 g/mol. The zero-order valence-electron chi connectivity index (χ0n) is 9.27. The van der Waals surface area contributed by atoms with E-state index in [2.05, 4.69) is 0 Å². The number of carbonyl (C=O) groups is 2. The van der Waals surface area contributed by atoms with Gasteiger partial charge >= 0.3 is 11.9 Å². The molecule has 1 rings (SSSR count). The van der Waals surface area contributed by atoms with Crippen molar-refractivity contribution >= 4 is 35.1 Å². The van der Waals surface area contributed by atoms with Crippen molar-refractivity contribution in [2.45, 2.75) is 6.54 Å². The van der Waals surface area contributed by atoms with Crippen LogP contribution in [0.2, 0.25) is 10.0 Å². The lowest BCUT2D eigenvalue weighted by Crippen LogP contribution is -2.33. The van der Waals surface area contributed by atoms with E-state index in [0.29, 0.717) is 15.6 Å². The fourth-order valence-corrected chi connectivity index (χ4v) is 2.08. The van der Waals surface area contributed by atoms with E-state index in [-0.39, 0.29) is 19.6 Å². The number of hydrogen-bond donors (Lipinski definition) is 2. The molecule has 1 aromatic rings. The second kappa shape index (κ2) is 6.58. The van der Waals surface area contributed by atoms with Crippen molar-refractivity contribution in [1.82, 2.24) is 4.90 Å². The number of carboxylic acid groups (broad SMARTS) is 2. The highest BCUT2D eigenvalue weighted by Gasteiger charge is 2.14. The van der Waals surface area contributed by atoms with Gasteiger partial charge in [-0.1, -0.05) is 23.2 Å². The van der Waals surface area contributed by atoms with Crippen molar-refractivity contribution in [2.24, 2.45) is 0 Å². The molecule has 0 aliphatic carbocycles. The molecule has 5 nitrogen and oxygen atoms in total. The van der Waals surface area contributed by atoms with E-state index < -0.39 is 11.9 Å². The summed E-state index contributed by atoms with van der Waals surface area (Å²) in [6.07, 6.45) is 0. The van der Waals surface area contributed by atoms with Crippen molar-refractivity contribution in [1.29, 1.82) is 0 Å². The van der Waals surface area contributed by atoms with E-state index in [1.807, 2.05) is 0 Å². The summed E-state index contributed by atoms with van der Waals surface area (Å²) in [4.78, 5) is 22.5. The highest BCUT2D eigenvalue weighted by Crippen LogP contribution is 2.20. The first kappa shape index (κ1) is 14.8. The smallest absolute Gasteiger partial charge is 0.317 e. The molecule has 1 aromatic carbocycles. The van der Waals surface area contributed by atoms with Crippen molar-refractivity contribution in [3.8, 4) is 0 Å². The topological polar surface area (TPSA) is 77.8 Å². The zero-order valence-corrected chi connectivity index (χ0v) is 10.8. The third-order valence-electron chi connectivity index (χ3n) is 2.05. The maximum Gasteiger partial charge on any atom is 0.317 e. The molecule has 2 N–H and O–H groups in total. The van der Waals surface area contributed by atoms with Gasteiger partial charge in [-0.25, -0.2) is 0 Å². The first-order valence-electron chi connectivity index (χ1n) is 4.97. The van der Waals surface area contributed by atoms with Gasteiger partial charge in [-0.05, 0) is 23.8 Å². The van der Waals surface area contributed by atoms with Crippen LogP contribution in [-0.2, 0) is 16.1 Å². The summed E-state index contributed by atoms with van der Waals surface area (Å²) in [5, 5.41) is 18.2. The number of rotatable bonds is 6. The lowest BCUT2D eigenvalue weighted by atomic mass is 10.2. The van der Waals surface area contributed by atoms with Crippen LogP contribution in [0.5, 0.6) is 0 Å². The van der Waals surface area contributed by atoms with Crippen LogP contribution in [-0.4, -0.2) is 40.1 Å². The maximum absolute atomic E-state index is 10.6. The molecule has 0 spiro atoms. The van der Waals surface area contributed by atoms with Crippen LogP contribution in [0.15, 0.2) is 18.2 Å². The van der Waals surface area contributed by atoms with E-state index in [4.69, 9.17) is 33.4 Å². The van der Waals surface area contributed by atoms with Gasteiger partial charge in [0.25, 0.3) is 0 Å². The number of nitrogens with zero attached hydrogens (tertiary/aromatic N) is 1. The van der Waals surface area contributed by atoms with Gasteiger partial charge in [0.1, 0.15) is 0 Å². The van der Waals surface area contributed by atoms with Gasteiger partial charge in [0.05, 0.1) is 13.1 Å². The summed E-state index contributed by atoms with van der Waals surface area (Å²) in [7, 11) is 0. The Balaban J connectivity index is 2.80. The Bertz CT molecular complexity index is 428. The molecule has 98 valence electrons. The minimum absolute atomic E-state index is 0.152. The lowest BCUT2D eigenvalue weighted by Gasteiger charge is -2.18. The number of hydrogen-bond acceptors (Lipinski definition) is 3. The van der Waals surface area contributed by atoms with Crippen LogP contribution < -0.4 is 0 Å². The Morgan fingerprint density at radius 1 is 1.00 bits per heavy atom. The predicted octanol–water partition coefficient (Wildman–Crippen LogP) is 1.96. The van der Waals surface area contributed by atoms with Crippen LogP contribution in [0.1, 0.15) is 5.56 Å². The highest BCUT2D eigenvalue weighted by atomic mass is 35.5. The predicted molar refractivity (Wildman–Crippen MR) is 67.0 cm³/mol. The first-order chi connectivity index (χ1) is 8.36. The third kappa shape index (κ3) is 5.35. The minimum Gasteiger partial charge on any atom is -0.480 e. The van der Waals surface area contributed by atoms with Crippen molar-refractivity contribution < 1.29 is 19.8 Å². The summed E-state index contributed by atoms with van der Waals surface area (Å²) < 4.78 is 0. The van der Waals surface area contributed by atoms with Crippen molar-refractivity contribution in [3.63, 3.8) is 0 Å². The Morgan fingerprint density at radius 2 is 1.44 bits per heavy atom. The quantitative estimate of drug-likeness (QED) is 0.838. The molecule has 0 unspecified atom stereocenters. The van der Waals surface area contributed by atoms with Crippen LogP contribution in [0.4, 0.5) is 0 Å². The van der Waals surface area contributed by atoms with Crippen LogP contribution in [0.3, 0.4) is 0 Å². The van der Waals surface area contributed by atoms with Crippen molar-refractivity contribution in [3.05, 3.63) is 33.8 Å². The molecule has 0 atom stereocenters. The Hall–Kier alpha value is -1.30.